The third kappa shape index (κ3) is 9.80. The molecular weight excluding hydrogens is 717 g/mol. The molecule has 12 nitrogen and oxygen atoms in total. The largest absolute Gasteiger partial charge is 0.497 e. The molecule has 0 saturated carbocycles. The average molecular weight is 773 g/mol. The van der Waals surface area contributed by atoms with E-state index in [4.69, 9.17) is 9.31 Å². The molecule has 1 saturated heterocycles. The van der Waals surface area contributed by atoms with E-state index in [2.05, 4.69) is 15.0 Å². The maximum atomic E-state index is 14.6. The summed E-state index contributed by atoms with van der Waals surface area (Å²) in [7, 11) is 2.85. The van der Waals surface area contributed by atoms with Gasteiger partial charge in [0.05, 0.1) is 41.6 Å². The van der Waals surface area contributed by atoms with Gasteiger partial charge in [0.2, 0.25) is 0 Å². The highest BCUT2D eigenvalue weighted by Gasteiger charge is 2.52. The molecule has 6 rings (SSSR count). The van der Waals surface area contributed by atoms with E-state index in [9.17, 15) is 18.4 Å². The molecule has 4 heterocycles. The van der Waals surface area contributed by atoms with Crippen LogP contribution in [0.5, 0.6) is 0 Å². The van der Waals surface area contributed by atoms with Gasteiger partial charge in [-0.2, -0.15) is 0 Å². The number of benzene rings is 2. The Labute approximate surface area is 329 Å². The van der Waals surface area contributed by atoms with Crippen molar-refractivity contribution < 1.29 is 27.7 Å². The van der Waals surface area contributed by atoms with Crippen LogP contribution in [0.25, 0.3) is 5.69 Å². The van der Waals surface area contributed by atoms with Crippen LogP contribution in [-0.2, 0) is 36.5 Å². The molecule has 56 heavy (non-hydrogen) atoms. The van der Waals surface area contributed by atoms with Gasteiger partial charge in [-0.15, -0.1) is 0 Å². The molecule has 300 valence electrons. The van der Waals surface area contributed by atoms with Crippen LogP contribution < -0.4 is 5.46 Å². The van der Waals surface area contributed by atoms with Crippen LogP contribution >= 0.6 is 0 Å². The normalized spacial score (nSPS) is 14.4. The Hall–Kier alpha value is -5.15. The first kappa shape index (κ1) is 43.6. The van der Waals surface area contributed by atoms with Gasteiger partial charge in [-0.1, -0.05) is 25.6 Å². The standard InChI is InChI=1S/C21H29BFN3O3.C19H22FN5O.CH4/c1-14(2)26(19(27)18-12-25(7)13-24-18)11-15-8-9-17(23)16(10-15)22-28-20(3,4)21(5,6)29-22;1-13(2)25(19(26)17-10-23(4)11-22-17)9-15-5-6-16(20)18(7-15)24-8-14(3)21-12-24;/h8-10,12-14H,11H2,1-7H3;5-8,10-13H,9H2,1-4H3;1H4. The van der Waals surface area contributed by atoms with E-state index in [0.29, 0.717) is 35.6 Å². The van der Waals surface area contributed by atoms with Crippen LogP contribution in [0.1, 0.15) is 101 Å². The summed E-state index contributed by atoms with van der Waals surface area (Å²) in [5.41, 5.74) is 2.87. The van der Waals surface area contributed by atoms with E-state index in [0.717, 1.165) is 16.8 Å². The number of carbonyl (C=O) groups is 2. The molecule has 0 unspecified atom stereocenters. The Morgan fingerprint density at radius 2 is 1.20 bits per heavy atom. The van der Waals surface area contributed by atoms with Gasteiger partial charge in [-0.25, -0.2) is 23.7 Å². The third-order valence-electron chi connectivity index (χ3n) is 9.89. The Kier molecular flexibility index (Phi) is 13.5. The molecule has 1 fully saturated rings. The summed E-state index contributed by atoms with van der Waals surface area (Å²) >= 11 is 0. The Balaban J connectivity index is 0.000000246. The molecule has 5 aromatic rings. The molecule has 0 aliphatic carbocycles. The lowest BCUT2D eigenvalue weighted by atomic mass is 9.78. The molecule has 1 aliphatic rings. The summed E-state index contributed by atoms with van der Waals surface area (Å²) in [6.07, 6.45) is 9.93. The molecule has 0 N–H and O–H groups in total. The van der Waals surface area contributed by atoms with Crippen LogP contribution in [0.4, 0.5) is 8.78 Å². The van der Waals surface area contributed by atoms with Crippen molar-refractivity contribution in [2.45, 2.75) is 106 Å². The zero-order chi connectivity index (χ0) is 40.4. The molecule has 2 amide bonds. The second-order valence-corrected chi connectivity index (χ2v) is 15.6. The fraction of sp³-hybridized carbons (Fsp3) is 0.439. The van der Waals surface area contributed by atoms with Crippen molar-refractivity contribution in [3.05, 3.63) is 114 Å². The minimum atomic E-state index is -0.793. The predicted molar refractivity (Wildman–Crippen MR) is 214 cm³/mol. The first-order valence-corrected chi connectivity index (χ1v) is 18.3. The van der Waals surface area contributed by atoms with Crippen molar-refractivity contribution in [2.75, 3.05) is 0 Å². The predicted octanol–water partition coefficient (Wildman–Crippen LogP) is 6.65. The molecule has 0 radical (unpaired) electrons. The number of carbonyl (C=O) groups excluding carboxylic acids is 2. The summed E-state index contributed by atoms with van der Waals surface area (Å²) in [6.45, 7) is 18.1. The van der Waals surface area contributed by atoms with Crippen molar-refractivity contribution in [3.63, 3.8) is 0 Å². The second kappa shape index (κ2) is 17.3. The highest BCUT2D eigenvalue weighted by Crippen LogP contribution is 2.36. The van der Waals surface area contributed by atoms with Gasteiger partial charge in [-0.3, -0.25) is 9.59 Å². The van der Waals surface area contributed by atoms with Crippen LogP contribution in [0, 0.1) is 18.6 Å². The molecule has 2 aromatic carbocycles. The van der Waals surface area contributed by atoms with E-state index in [1.165, 1.54) is 12.1 Å². The van der Waals surface area contributed by atoms with Crippen molar-refractivity contribution in [1.29, 1.82) is 0 Å². The van der Waals surface area contributed by atoms with Crippen molar-refractivity contribution >= 4 is 24.4 Å². The van der Waals surface area contributed by atoms with E-state index in [-0.39, 0.29) is 43.0 Å². The topological polar surface area (TPSA) is 113 Å². The highest BCUT2D eigenvalue weighted by molar-refractivity contribution is 6.62. The molecule has 15 heteroatoms. The molecule has 0 atom stereocenters. The smallest absolute Gasteiger partial charge is 0.399 e. The van der Waals surface area contributed by atoms with Crippen LogP contribution in [0.3, 0.4) is 0 Å². The summed E-state index contributed by atoms with van der Waals surface area (Å²) in [5.74, 6) is -1.04. The number of hydrogen-bond acceptors (Lipinski definition) is 7. The van der Waals surface area contributed by atoms with Gasteiger partial charge in [0.1, 0.15) is 23.0 Å². The van der Waals surface area contributed by atoms with Gasteiger partial charge in [0.25, 0.3) is 11.8 Å². The quantitative estimate of drug-likeness (QED) is 0.146. The van der Waals surface area contributed by atoms with Gasteiger partial charge in [0, 0.05) is 63.3 Å². The minimum absolute atomic E-state index is 0. The van der Waals surface area contributed by atoms with Gasteiger partial charge in [0.15, 0.2) is 0 Å². The zero-order valence-electron chi connectivity index (χ0n) is 33.5. The monoisotopic (exact) mass is 772 g/mol. The van der Waals surface area contributed by atoms with Crippen molar-refractivity contribution in [2.24, 2.45) is 14.1 Å². The van der Waals surface area contributed by atoms with Gasteiger partial charge >= 0.3 is 7.12 Å². The number of rotatable bonds is 10. The van der Waals surface area contributed by atoms with E-state index in [1.807, 2.05) is 76.4 Å². The minimum Gasteiger partial charge on any atom is -0.399 e. The molecule has 1 aliphatic heterocycles. The molecule has 3 aromatic heterocycles. The zero-order valence-corrected chi connectivity index (χ0v) is 33.5. The first-order valence-electron chi connectivity index (χ1n) is 18.3. The second-order valence-electron chi connectivity index (χ2n) is 15.6. The van der Waals surface area contributed by atoms with Crippen LogP contribution in [0.2, 0.25) is 0 Å². The summed E-state index contributed by atoms with van der Waals surface area (Å²) < 4.78 is 46.0. The molecule has 0 spiro atoms. The first-order chi connectivity index (χ1) is 25.8. The number of amides is 2. The third-order valence-corrected chi connectivity index (χ3v) is 9.89. The maximum Gasteiger partial charge on any atom is 0.497 e. The van der Waals surface area contributed by atoms with Gasteiger partial charge < -0.3 is 32.8 Å². The lowest BCUT2D eigenvalue weighted by Crippen LogP contribution is -2.41. The molecule has 0 bridgehead atoms. The van der Waals surface area contributed by atoms with Gasteiger partial charge in [-0.05, 0) is 91.6 Å². The molecular formula is C41H55BF2N8O4. The number of aromatic nitrogens is 6. The van der Waals surface area contributed by atoms with Crippen molar-refractivity contribution in [1.82, 2.24) is 38.5 Å². The fourth-order valence-corrected chi connectivity index (χ4v) is 5.96. The van der Waals surface area contributed by atoms with Crippen LogP contribution in [-0.4, -0.2) is 80.7 Å². The van der Waals surface area contributed by atoms with Crippen molar-refractivity contribution in [3.8, 4) is 5.69 Å². The number of aryl methyl sites for hydroxylation is 3. The fourth-order valence-electron chi connectivity index (χ4n) is 5.96. The number of hydrogen-bond donors (Lipinski definition) is 0. The van der Waals surface area contributed by atoms with Crippen LogP contribution in [0.15, 0.2) is 74.0 Å². The average Bonchev–Trinajstić information content (AvgIpc) is 3.90. The number of halogens is 2. The van der Waals surface area contributed by atoms with E-state index in [1.54, 1.807) is 85.3 Å². The Bertz CT molecular complexity index is 2120. The summed E-state index contributed by atoms with van der Waals surface area (Å²) in [5, 5.41) is 0. The maximum absolute atomic E-state index is 14.6. The van der Waals surface area contributed by atoms with E-state index < -0.39 is 18.3 Å². The highest BCUT2D eigenvalue weighted by atomic mass is 19.1. The summed E-state index contributed by atoms with van der Waals surface area (Å²) in [4.78, 5) is 41.6. The number of imidazole rings is 3. The SMILES string of the molecule is C.CC(C)N(Cc1ccc(F)c(B2OC(C)(C)C(C)(C)O2)c1)C(=O)c1cn(C)cn1.Cc1cn(-c2cc(CN(C(=O)c3cn(C)cn3)C(C)C)ccc2F)cn1. The Morgan fingerprint density at radius 3 is 1.61 bits per heavy atom. The Morgan fingerprint density at radius 1 is 0.732 bits per heavy atom. The lowest BCUT2D eigenvalue weighted by molar-refractivity contribution is 0.00578. The summed E-state index contributed by atoms with van der Waals surface area (Å²) in [6, 6.07) is 9.61. The lowest BCUT2D eigenvalue weighted by Gasteiger charge is -2.32. The number of nitrogens with zero attached hydrogens (tertiary/aromatic N) is 8. The van der Waals surface area contributed by atoms with E-state index >= 15 is 0 Å².